The van der Waals surface area contributed by atoms with E-state index in [0.29, 0.717) is 0 Å². The highest BCUT2D eigenvalue weighted by Crippen LogP contribution is 2.35. The van der Waals surface area contributed by atoms with Gasteiger partial charge in [0, 0.05) is 53.4 Å². The second-order valence-corrected chi connectivity index (χ2v) is 9.89. The molecule has 0 spiro atoms. The van der Waals surface area contributed by atoms with Crippen molar-refractivity contribution in [2.45, 2.75) is 110 Å². The molecular weight excluding hydrogens is 626 g/mol. The van der Waals surface area contributed by atoms with E-state index in [-0.39, 0.29) is 0 Å². The fraction of sp³-hybridized carbons (Fsp3) is 0.731. The lowest BCUT2D eigenvalue weighted by Gasteiger charge is -2.48. The van der Waals surface area contributed by atoms with E-state index in [1.54, 1.807) is 0 Å². The van der Waals surface area contributed by atoms with Crippen molar-refractivity contribution in [3.8, 4) is 0 Å². The maximum absolute atomic E-state index is 12.2. The molecule has 20 heteroatoms. The van der Waals surface area contributed by atoms with Crippen molar-refractivity contribution in [3.05, 3.63) is 10.4 Å². The van der Waals surface area contributed by atoms with E-state index in [9.17, 15) is 33.6 Å². The van der Waals surface area contributed by atoms with E-state index in [1.165, 1.54) is 0 Å². The largest absolute Gasteiger partial charge is 0.463 e. The Hall–Kier alpha value is -4.52. The highest BCUT2D eigenvalue weighted by atomic mass is 16.8. The SMILES string of the molecule is CC(=O)OC[C@@H]1O[C@@H](N=[N+]=[N-])[C@@H](OC(C)=O)[C@H](OC(C)=O)[C@H]1O[C@H]1O[C@@H](COC(C)=O)[C@H](OC(C)=O)[C@@H](OC(C)=O)[C@@H]1OC(C)=O. The Morgan fingerprint density at radius 1 is 0.543 bits per heavy atom. The van der Waals surface area contributed by atoms with Gasteiger partial charge in [0.15, 0.2) is 43.0 Å². The lowest BCUT2D eigenvalue weighted by Crippen LogP contribution is -2.67. The van der Waals surface area contributed by atoms with E-state index in [1.807, 2.05) is 0 Å². The number of rotatable bonds is 12. The molecule has 0 aromatic carbocycles. The summed E-state index contributed by atoms with van der Waals surface area (Å²) < 4.78 is 54.8. The van der Waals surface area contributed by atoms with E-state index in [4.69, 9.17) is 52.9 Å². The van der Waals surface area contributed by atoms with Crippen molar-refractivity contribution in [1.82, 2.24) is 0 Å². The Labute approximate surface area is 261 Å². The average Bonchev–Trinajstić information content (AvgIpc) is 2.91. The van der Waals surface area contributed by atoms with Gasteiger partial charge < -0.3 is 47.4 Å². The predicted molar refractivity (Wildman–Crippen MR) is 142 cm³/mol. The minimum atomic E-state index is -1.82. The van der Waals surface area contributed by atoms with Gasteiger partial charge in [0.05, 0.1) is 0 Å². The van der Waals surface area contributed by atoms with Gasteiger partial charge in [-0.05, 0) is 5.53 Å². The van der Waals surface area contributed by atoms with Crippen LogP contribution >= 0.6 is 0 Å². The van der Waals surface area contributed by atoms with Gasteiger partial charge >= 0.3 is 41.8 Å². The highest BCUT2D eigenvalue weighted by molar-refractivity contribution is 5.69. The first-order chi connectivity index (χ1) is 21.5. The summed E-state index contributed by atoms with van der Waals surface area (Å²) in [5.74, 6) is -6.10. The van der Waals surface area contributed by atoms with Gasteiger partial charge in [0.25, 0.3) is 0 Å². The van der Waals surface area contributed by atoms with Crippen molar-refractivity contribution >= 4 is 41.8 Å². The van der Waals surface area contributed by atoms with Crippen molar-refractivity contribution in [3.63, 3.8) is 0 Å². The third-order valence-corrected chi connectivity index (χ3v) is 6.07. The summed E-state index contributed by atoms with van der Waals surface area (Å²) in [4.78, 5) is 86.7. The highest BCUT2D eigenvalue weighted by Gasteiger charge is 2.57. The lowest BCUT2D eigenvalue weighted by molar-refractivity contribution is -0.344. The zero-order valence-corrected chi connectivity index (χ0v) is 26.0. The molecule has 2 saturated heterocycles. The molecule has 0 radical (unpaired) electrons. The van der Waals surface area contributed by atoms with Gasteiger partial charge in [-0.3, -0.25) is 33.6 Å². The minimum absolute atomic E-state index is 0.585. The number of hydrogen-bond donors (Lipinski definition) is 0. The second-order valence-electron chi connectivity index (χ2n) is 9.89. The summed E-state index contributed by atoms with van der Waals surface area (Å²) in [6.07, 6.45) is -16.1. The molecule has 2 heterocycles. The van der Waals surface area contributed by atoms with Crippen LogP contribution in [0.25, 0.3) is 10.4 Å². The number of carbonyl (C=O) groups is 7. The van der Waals surface area contributed by atoms with Gasteiger partial charge in [-0.15, -0.1) is 0 Å². The Kier molecular flexibility index (Phi) is 14.1. The molecule has 0 bridgehead atoms. The fourth-order valence-electron chi connectivity index (χ4n) is 4.63. The summed E-state index contributed by atoms with van der Waals surface area (Å²) >= 11 is 0. The quantitative estimate of drug-likeness (QED) is 0.0870. The molecule has 256 valence electrons. The third kappa shape index (κ3) is 11.1. The van der Waals surface area contributed by atoms with Gasteiger partial charge in [-0.1, -0.05) is 5.11 Å². The molecule has 0 aliphatic carbocycles. The zero-order chi connectivity index (χ0) is 34.7. The maximum atomic E-state index is 12.2. The molecule has 10 atom stereocenters. The molecule has 0 unspecified atom stereocenters. The molecule has 0 aromatic heterocycles. The number of nitrogens with zero attached hydrogens (tertiary/aromatic N) is 3. The minimum Gasteiger partial charge on any atom is -0.463 e. The standard InChI is InChI=1S/C26H35N3O17/c1-10(30)37-8-17-20(21(40-13(4)33)23(42-15(6)35)25(44-17)28-29-27)46-26-24(43-16(7)36)22(41-14(5)34)19(39-12(3)32)18(45-26)9-38-11(2)31/h17-26H,8-9H2,1-7H3/t17-,18-,19-,20-,21+,22+,23-,24-,25+,26+/m0/s1. The summed E-state index contributed by atoms with van der Waals surface area (Å²) in [7, 11) is 0. The van der Waals surface area contributed by atoms with Crippen LogP contribution in [0.5, 0.6) is 0 Å². The van der Waals surface area contributed by atoms with Crippen LogP contribution in [0.2, 0.25) is 0 Å². The fourth-order valence-corrected chi connectivity index (χ4v) is 4.63. The first-order valence-electron chi connectivity index (χ1n) is 13.7. The monoisotopic (exact) mass is 661 g/mol. The van der Waals surface area contributed by atoms with Crippen LogP contribution in [0.3, 0.4) is 0 Å². The Morgan fingerprint density at radius 3 is 1.37 bits per heavy atom. The molecule has 0 N–H and O–H groups in total. The van der Waals surface area contributed by atoms with Gasteiger partial charge in [0.1, 0.15) is 31.5 Å². The first-order valence-corrected chi connectivity index (χ1v) is 13.7. The van der Waals surface area contributed by atoms with Crippen LogP contribution in [-0.4, -0.2) is 116 Å². The summed E-state index contributed by atoms with van der Waals surface area (Å²) in [5, 5.41) is 3.46. The smallest absolute Gasteiger partial charge is 0.303 e. The molecule has 0 saturated carbocycles. The first kappa shape index (κ1) is 37.7. The van der Waals surface area contributed by atoms with E-state index in [2.05, 4.69) is 10.0 Å². The Bertz CT molecular complexity index is 1220. The molecule has 0 aromatic rings. The van der Waals surface area contributed by atoms with Crippen LogP contribution in [0.1, 0.15) is 48.5 Å². The molecule has 2 aliphatic rings. The summed E-state index contributed by atoms with van der Waals surface area (Å²) in [6.45, 7) is 6.05. The number of azide groups is 1. The van der Waals surface area contributed by atoms with Crippen LogP contribution in [-0.2, 0) is 80.9 Å². The lowest BCUT2D eigenvalue weighted by atomic mass is 9.95. The normalized spacial score (nSPS) is 30.3. The Balaban J connectivity index is 2.73. The zero-order valence-electron chi connectivity index (χ0n) is 26.0. The second kappa shape index (κ2) is 17.2. The van der Waals surface area contributed by atoms with E-state index in [0.717, 1.165) is 48.5 Å². The van der Waals surface area contributed by atoms with Gasteiger partial charge in [-0.2, -0.15) is 0 Å². The van der Waals surface area contributed by atoms with Crippen LogP contribution in [0.15, 0.2) is 5.11 Å². The van der Waals surface area contributed by atoms with Crippen LogP contribution < -0.4 is 0 Å². The molecule has 46 heavy (non-hydrogen) atoms. The molecule has 20 nitrogen and oxygen atoms in total. The van der Waals surface area contributed by atoms with Crippen molar-refractivity contribution in [2.24, 2.45) is 5.11 Å². The molecular formula is C26H35N3O17. The van der Waals surface area contributed by atoms with E-state index < -0.39 is 116 Å². The third-order valence-electron chi connectivity index (χ3n) is 6.07. The van der Waals surface area contributed by atoms with Gasteiger partial charge in [-0.25, -0.2) is 0 Å². The van der Waals surface area contributed by atoms with Crippen LogP contribution in [0.4, 0.5) is 0 Å². The van der Waals surface area contributed by atoms with Crippen molar-refractivity contribution in [1.29, 1.82) is 0 Å². The average molecular weight is 662 g/mol. The maximum Gasteiger partial charge on any atom is 0.303 e. The predicted octanol–water partition coefficient (Wildman–Crippen LogP) is -0.0836. The number of hydrogen-bond acceptors (Lipinski definition) is 18. The Morgan fingerprint density at radius 2 is 0.935 bits per heavy atom. The molecule has 0 amide bonds. The summed E-state index contributed by atoms with van der Waals surface area (Å²) in [6, 6.07) is 0. The summed E-state index contributed by atoms with van der Waals surface area (Å²) in [5.41, 5.74) is 9.13. The van der Waals surface area contributed by atoms with Crippen molar-refractivity contribution in [2.75, 3.05) is 13.2 Å². The van der Waals surface area contributed by atoms with Crippen LogP contribution in [0, 0.1) is 0 Å². The molecule has 2 rings (SSSR count). The number of esters is 7. The number of ether oxygens (including phenoxy) is 10. The van der Waals surface area contributed by atoms with Gasteiger partial charge in [0.2, 0.25) is 0 Å². The molecule has 2 fully saturated rings. The molecule has 2 aliphatic heterocycles. The van der Waals surface area contributed by atoms with E-state index >= 15 is 0 Å². The number of carbonyl (C=O) groups excluding carboxylic acids is 7. The van der Waals surface area contributed by atoms with Crippen molar-refractivity contribution < 1.29 is 80.9 Å². The topological polar surface area (TPSA) is 261 Å².